The summed E-state index contributed by atoms with van der Waals surface area (Å²) in [4.78, 5) is -0.0666. The predicted octanol–water partition coefficient (Wildman–Crippen LogP) is 4.04. The molecule has 0 saturated heterocycles. The normalized spacial score (nSPS) is 11.3. The molecule has 0 atom stereocenters. The topological polar surface area (TPSA) is 112 Å². The minimum Gasteiger partial charge on any atom is -0.394 e. The Labute approximate surface area is 200 Å². The zero-order chi connectivity index (χ0) is 24.6. The molecule has 33 heavy (non-hydrogen) atoms. The Balaban J connectivity index is 0.000000771. The number of benzene rings is 1. The van der Waals surface area contributed by atoms with Crippen LogP contribution >= 0.6 is 0 Å². The molecule has 8 nitrogen and oxygen atoms in total. The fraction of sp³-hybridized carbons (Fsp3) is 0.750. The summed E-state index contributed by atoms with van der Waals surface area (Å²) in [6, 6.07) is 5.99. The first-order valence-electron chi connectivity index (χ1n) is 11.9. The largest absolute Gasteiger partial charge is 0.394 e. The van der Waals surface area contributed by atoms with Gasteiger partial charge < -0.3 is 24.1 Å². The summed E-state index contributed by atoms with van der Waals surface area (Å²) in [6.45, 7) is 8.86. The van der Waals surface area contributed by atoms with Gasteiger partial charge in [-0.3, -0.25) is 4.55 Å². The van der Waals surface area contributed by atoms with E-state index in [9.17, 15) is 8.42 Å². The number of unbranched alkanes of at least 4 members (excludes halogenated alkanes) is 6. The van der Waals surface area contributed by atoms with Gasteiger partial charge in [0.05, 0.1) is 57.8 Å². The Kier molecular flexibility index (Phi) is 22.0. The highest BCUT2D eigenvalue weighted by Crippen LogP contribution is 2.08. The van der Waals surface area contributed by atoms with E-state index in [-0.39, 0.29) is 11.5 Å². The maximum atomic E-state index is 10.5. The van der Waals surface area contributed by atoms with Crippen molar-refractivity contribution in [3.8, 4) is 0 Å². The first-order valence-corrected chi connectivity index (χ1v) is 13.3. The molecule has 1 rings (SSSR count). The zero-order valence-corrected chi connectivity index (χ0v) is 21.2. The van der Waals surface area contributed by atoms with Crippen molar-refractivity contribution < 1.29 is 37.0 Å². The Bertz CT molecular complexity index is 614. The summed E-state index contributed by atoms with van der Waals surface area (Å²) in [6.07, 6.45) is 9.18. The molecule has 0 unspecified atom stereocenters. The molecule has 0 fully saturated rings. The molecule has 0 aliphatic rings. The van der Waals surface area contributed by atoms with Crippen LogP contribution in [0.3, 0.4) is 0 Å². The second-order valence-electron chi connectivity index (χ2n) is 7.58. The summed E-state index contributed by atoms with van der Waals surface area (Å²) >= 11 is 0. The molecule has 9 heteroatoms. The van der Waals surface area contributed by atoms with Gasteiger partial charge in [0.1, 0.15) is 0 Å². The van der Waals surface area contributed by atoms with Gasteiger partial charge in [0, 0.05) is 6.61 Å². The average molecular weight is 493 g/mol. The van der Waals surface area contributed by atoms with Crippen LogP contribution in [0.15, 0.2) is 29.2 Å². The second-order valence-corrected chi connectivity index (χ2v) is 9.00. The van der Waals surface area contributed by atoms with Crippen LogP contribution in [0.2, 0.25) is 0 Å². The number of hydrogen-bond donors (Lipinski definition) is 2. The van der Waals surface area contributed by atoms with E-state index in [2.05, 4.69) is 6.92 Å². The summed E-state index contributed by atoms with van der Waals surface area (Å²) in [5, 5.41) is 8.50. The highest BCUT2D eigenvalue weighted by molar-refractivity contribution is 7.85. The molecule has 0 saturated carbocycles. The molecule has 0 amide bonds. The van der Waals surface area contributed by atoms with Crippen molar-refractivity contribution in [3.05, 3.63) is 29.8 Å². The van der Waals surface area contributed by atoms with Crippen LogP contribution in [0.5, 0.6) is 0 Å². The first kappa shape index (κ1) is 31.9. The Hall–Kier alpha value is -1.07. The number of rotatable bonds is 20. The number of aryl methyl sites for hydroxylation is 1. The fourth-order valence-corrected chi connectivity index (χ4v) is 3.18. The van der Waals surface area contributed by atoms with Crippen LogP contribution in [0, 0.1) is 6.92 Å². The van der Waals surface area contributed by atoms with E-state index in [0.29, 0.717) is 46.2 Å². The van der Waals surface area contributed by atoms with E-state index in [0.717, 1.165) is 18.6 Å². The quantitative estimate of drug-likeness (QED) is 0.207. The van der Waals surface area contributed by atoms with Gasteiger partial charge in [0.15, 0.2) is 0 Å². The Morgan fingerprint density at radius 2 is 1.09 bits per heavy atom. The fourth-order valence-electron chi connectivity index (χ4n) is 2.70. The molecule has 0 aliphatic carbocycles. The van der Waals surface area contributed by atoms with E-state index in [4.69, 9.17) is 28.6 Å². The minimum atomic E-state index is -4.02. The SMILES string of the molecule is CCCCCCCCCOCCOCCOCCOCCO.Cc1ccc(S(=O)(=O)O)cc1. The van der Waals surface area contributed by atoms with E-state index in [1.807, 2.05) is 6.92 Å². The lowest BCUT2D eigenvalue weighted by Gasteiger charge is -2.07. The van der Waals surface area contributed by atoms with Crippen molar-refractivity contribution in [1.29, 1.82) is 0 Å². The molecule has 0 spiro atoms. The van der Waals surface area contributed by atoms with Crippen molar-refractivity contribution in [1.82, 2.24) is 0 Å². The third-order valence-electron chi connectivity index (χ3n) is 4.56. The zero-order valence-electron chi connectivity index (χ0n) is 20.4. The van der Waals surface area contributed by atoms with Gasteiger partial charge in [-0.15, -0.1) is 0 Å². The molecule has 0 bridgehead atoms. The van der Waals surface area contributed by atoms with Gasteiger partial charge in [-0.1, -0.05) is 63.1 Å². The van der Waals surface area contributed by atoms with E-state index < -0.39 is 10.1 Å². The van der Waals surface area contributed by atoms with Crippen LogP contribution in [0.4, 0.5) is 0 Å². The predicted molar refractivity (Wildman–Crippen MR) is 129 cm³/mol. The van der Waals surface area contributed by atoms with Crippen LogP contribution < -0.4 is 0 Å². The van der Waals surface area contributed by atoms with Gasteiger partial charge >= 0.3 is 0 Å². The van der Waals surface area contributed by atoms with Crippen LogP contribution in [0.1, 0.15) is 57.4 Å². The van der Waals surface area contributed by atoms with Gasteiger partial charge in [0.2, 0.25) is 0 Å². The van der Waals surface area contributed by atoms with Gasteiger partial charge in [-0.2, -0.15) is 8.42 Å². The summed E-state index contributed by atoms with van der Waals surface area (Å²) in [5.41, 5.74) is 0.956. The molecule has 0 aliphatic heterocycles. The van der Waals surface area contributed by atoms with E-state index in [1.165, 1.54) is 50.7 Å². The molecule has 0 heterocycles. The molecule has 1 aromatic carbocycles. The Morgan fingerprint density at radius 3 is 1.55 bits per heavy atom. The summed E-state index contributed by atoms with van der Waals surface area (Å²) in [7, 11) is -4.02. The van der Waals surface area contributed by atoms with E-state index >= 15 is 0 Å². The highest BCUT2D eigenvalue weighted by Gasteiger charge is 2.06. The van der Waals surface area contributed by atoms with Crippen molar-refractivity contribution >= 4 is 10.1 Å². The molecule has 1 aromatic rings. The monoisotopic (exact) mass is 492 g/mol. The van der Waals surface area contributed by atoms with Crippen molar-refractivity contribution in [3.63, 3.8) is 0 Å². The molecular weight excluding hydrogens is 448 g/mol. The van der Waals surface area contributed by atoms with Gasteiger partial charge in [-0.05, 0) is 25.5 Å². The minimum absolute atomic E-state index is 0.0575. The van der Waals surface area contributed by atoms with Gasteiger partial charge in [-0.25, -0.2) is 0 Å². The maximum absolute atomic E-state index is 10.5. The van der Waals surface area contributed by atoms with Gasteiger partial charge in [0.25, 0.3) is 10.1 Å². The first-order chi connectivity index (χ1) is 15.9. The number of hydrogen-bond acceptors (Lipinski definition) is 7. The van der Waals surface area contributed by atoms with E-state index in [1.54, 1.807) is 12.1 Å². The molecular formula is C24H44O8S. The van der Waals surface area contributed by atoms with Crippen LogP contribution in [-0.2, 0) is 29.1 Å². The number of ether oxygens (including phenoxy) is 4. The molecule has 194 valence electrons. The smallest absolute Gasteiger partial charge is 0.294 e. The third-order valence-corrected chi connectivity index (χ3v) is 5.43. The highest BCUT2D eigenvalue weighted by atomic mass is 32.2. The summed E-state index contributed by atoms with van der Waals surface area (Å²) in [5.74, 6) is 0. The molecule has 0 aromatic heterocycles. The molecule has 2 N–H and O–H groups in total. The standard InChI is InChI=1S/C17H36O5.C7H8O3S/c1-2-3-4-5-6-7-8-10-19-12-14-21-16-17-22-15-13-20-11-9-18;1-6-2-4-7(5-3-6)11(8,9)10/h18H,2-17H2,1H3;2-5H,1H3,(H,8,9,10). The third kappa shape index (κ3) is 22.5. The average Bonchev–Trinajstić information content (AvgIpc) is 2.78. The number of aliphatic hydroxyl groups excluding tert-OH is 1. The lowest BCUT2D eigenvalue weighted by Crippen LogP contribution is -2.12. The maximum Gasteiger partial charge on any atom is 0.294 e. The van der Waals surface area contributed by atoms with Crippen molar-refractivity contribution in [2.24, 2.45) is 0 Å². The molecule has 0 radical (unpaired) electrons. The van der Waals surface area contributed by atoms with Crippen molar-refractivity contribution in [2.75, 3.05) is 59.5 Å². The lowest BCUT2D eigenvalue weighted by atomic mass is 10.1. The number of aliphatic hydroxyl groups is 1. The van der Waals surface area contributed by atoms with Crippen LogP contribution in [0.25, 0.3) is 0 Å². The summed E-state index contributed by atoms with van der Waals surface area (Å²) < 4.78 is 50.9. The van der Waals surface area contributed by atoms with Crippen molar-refractivity contribution in [2.45, 2.75) is 63.7 Å². The lowest BCUT2D eigenvalue weighted by molar-refractivity contribution is -0.00577. The second kappa shape index (κ2) is 22.7. The Morgan fingerprint density at radius 1 is 0.667 bits per heavy atom. The van der Waals surface area contributed by atoms with Crippen LogP contribution in [-0.4, -0.2) is 77.5 Å².